The van der Waals surface area contributed by atoms with Crippen molar-refractivity contribution in [3.05, 3.63) is 0 Å². The van der Waals surface area contributed by atoms with Crippen LogP contribution in [0.2, 0.25) is 0 Å². The molecule has 1 amide bonds. The molecule has 5 heteroatoms. The molecule has 2 heterocycles. The first kappa shape index (κ1) is 9.89. The van der Waals surface area contributed by atoms with E-state index in [0.29, 0.717) is 32.9 Å². The lowest BCUT2D eigenvalue weighted by Crippen LogP contribution is -2.56. The number of amides is 1. The average Bonchev–Trinajstić information content (AvgIpc) is 2.14. The summed E-state index contributed by atoms with van der Waals surface area (Å²) in [6.45, 7) is 3.16. The number of nitrogens with zero attached hydrogens (tertiary/aromatic N) is 1. The second-order valence-electron chi connectivity index (χ2n) is 4.02. The lowest BCUT2D eigenvalue weighted by molar-refractivity contribution is -0.167. The quantitative estimate of drug-likeness (QED) is 0.626. The van der Waals surface area contributed by atoms with Gasteiger partial charge in [-0.3, -0.25) is 4.79 Å². The van der Waals surface area contributed by atoms with E-state index in [-0.39, 0.29) is 24.5 Å². The van der Waals surface area contributed by atoms with Crippen LogP contribution in [0.4, 0.5) is 0 Å². The molecule has 0 radical (unpaired) electrons. The smallest absolute Gasteiger partial charge is 0.248 e. The van der Waals surface area contributed by atoms with E-state index >= 15 is 0 Å². The van der Waals surface area contributed by atoms with Gasteiger partial charge in [-0.15, -0.1) is 0 Å². The minimum Gasteiger partial charge on any atom is -0.396 e. The van der Waals surface area contributed by atoms with Gasteiger partial charge >= 0.3 is 0 Å². The highest BCUT2D eigenvalue weighted by atomic mass is 16.5. The van der Waals surface area contributed by atoms with Gasteiger partial charge in [-0.05, 0) is 0 Å². The van der Waals surface area contributed by atoms with Gasteiger partial charge < -0.3 is 19.5 Å². The van der Waals surface area contributed by atoms with Crippen LogP contribution in [-0.4, -0.2) is 62.0 Å². The van der Waals surface area contributed by atoms with Crippen LogP contribution >= 0.6 is 0 Å². The van der Waals surface area contributed by atoms with Crippen molar-refractivity contribution in [1.29, 1.82) is 0 Å². The Morgan fingerprint density at radius 2 is 2.21 bits per heavy atom. The summed E-state index contributed by atoms with van der Waals surface area (Å²) < 4.78 is 10.1. The number of morpholine rings is 1. The first-order valence-corrected chi connectivity index (χ1v) is 4.80. The summed E-state index contributed by atoms with van der Waals surface area (Å²) in [6.07, 6.45) is 0. The summed E-state index contributed by atoms with van der Waals surface area (Å²) in [4.78, 5) is 13.2. The van der Waals surface area contributed by atoms with Crippen molar-refractivity contribution in [2.75, 3.05) is 46.1 Å². The molecule has 2 rings (SSSR count). The van der Waals surface area contributed by atoms with Crippen molar-refractivity contribution in [2.24, 2.45) is 5.41 Å². The van der Waals surface area contributed by atoms with Crippen molar-refractivity contribution in [3.8, 4) is 0 Å². The van der Waals surface area contributed by atoms with E-state index in [1.165, 1.54) is 0 Å². The summed E-state index contributed by atoms with van der Waals surface area (Å²) in [5, 5.41) is 9.20. The molecule has 0 aromatic rings. The maximum atomic E-state index is 11.4. The summed E-state index contributed by atoms with van der Waals surface area (Å²) >= 11 is 0. The van der Waals surface area contributed by atoms with Crippen molar-refractivity contribution in [3.63, 3.8) is 0 Å². The van der Waals surface area contributed by atoms with E-state index in [1.807, 2.05) is 0 Å². The van der Waals surface area contributed by atoms with Crippen LogP contribution in [-0.2, 0) is 14.3 Å². The van der Waals surface area contributed by atoms with Gasteiger partial charge in [0.1, 0.15) is 6.61 Å². The Hall–Kier alpha value is -0.650. The number of carbonyl (C=O) groups is 1. The molecule has 1 N–H and O–H groups in total. The van der Waals surface area contributed by atoms with Gasteiger partial charge in [0.25, 0.3) is 0 Å². The predicted octanol–water partition coefficient (Wildman–Crippen LogP) is -1.15. The van der Waals surface area contributed by atoms with Gasteiger partial charge in [-0.25, -0.2) is 0 Å². The van der Waals surface area contributed by atoms with Crippen LogP contribution in [0.3, 0.4) is 0 Å². The molecule has 2 aliphatic rings. The van der Waals surface area contributed by atoms with Crippen LogP contribution in [0, 0.1) is 5.41 Å². The van der Waals surface area contributed by atoms with E-state index in [9.17, 15) is 9.90 Å². The fourth-order valence-electron chi connectivity index (χ4n) is 1.75. The number of carbonyl (C=O) groups excluding carboxylic acids is 1. The number of ether oxygens (including phenoxy) is 2. The largest absolute Gasteiger partial charge is 0.396 e. The molecule has 0 unspecified atom stereocenters. The lowest BCUT2D eigenvalue weighted by Gasteiger charge is -2.43. The SMILES string of the molecule is O=C1COCCN1CC1(CO)COC1. The monoisotopic (exact) mass is 201 g/mol. The van der Waals surface area contributed by atoms with Gasteiger partial charge in [-0.2, -0.15) is 0 Å². The van der Waals surface area contributed by atoms with E-state index in [4.69, 9.17) is 9.47 Å². The summed E-state index contributed by atoms with van der Waals surface area (Å²) in [7, 11) is 0. The molecular weight excluding hydrogens is 186 g/mol. The summed E-state index contributed by atoms with van der Waals surface area (Å²) in [5.41, 5.74) is -0.215. The highest BCUT2D eigenvalue weighted by molar-refractivity contribution is 5.78. The molecule has 0 aromatic carbocycles. The van der Waals surface area contributed by atoms with Crippen LogP contribution in [0.25, 0.3) is 0 Å². The van der Waals surface area contributed by atoms with Gasteiger partial charge in [0.05, 0.1) is 31.8 Å². The maximum absolute atomic E-state index is 11.4. The van der Waals surface area contributed by atoms with Gasteiger partial charge in [-0.1, -0.05) is 0 Å². The Kier molecular flexibility index (Phi) is 2.71. The fourth-order valence-corrected chi connectivity index (χ4v) is 1.75. The second kappa shape index (κ2) is 3.84. The van der Waals surface area contributed by atoms with Crippen molar-refractivity contribution in [2.45, 2.75) is 0 Å². The third-order valence-electron chi connectivity index (χ3n) is 2.76. The Morgan fingerprint density at radius 3 is 2.71 bits per heavy atom. The van der Waals surface area contributed by atoms with Crippen LogP contribution < -0.4 is 0 Å². The fraction of sp³-hybridized carbons (Fsp3) is 0.889. The summed E-state index contributed by atoms with van der Waals surface area (Å²) in [5.74, 6) is 0.0102. The Morgan fingerprint density at radius 1 is 1.43 bits per heavy atom. The summed E-state index contributed by atoms with van der Waals surface area (Å²) in [6, 6.07) is 0. The minimum absolute atomic E-state index is 0.0102. The number of rotatable bonds is 3. The molecule has 14 heavy (non-hydrogen) atoms. The maximum Gasteiger partial charge on any atom is 0.248 e. The number of hydrogen-bond donors (Lipinski definition) is 1. The number of hydrogen-bond acceptors (Lipinski definition) is 4. The zero-order valence-electron chi connectivity index (χ0n) is 8.07. The second-order valence-corrected chi connectivity index (χ2v) is 4.02. The van der Waals surface area contributed by atoms with E-state index < -0.39 is 0 Å². The Labute approximate surface area is 82.6 Å². The predicted molar refractivity (Wildman–Crippen MR) is 47.7 cm³/mol. The van der Waals surface area contributed by atoms with Gasteiger partial charge in [0, 0.05) is 13.1 Å². The average molecular weight is 201 g/mol. The van der Waals surface area contributed by atoms with Crippen LogP contribution in [0.15, 0.2) is 0 Å². The Bertz CT molecular complexity index is 221. The third-order valence-corrected chi connectivity index (χ3v) is 2.76. The molecule has 0 saturated carbocycles. The van der Waals surface area contributed by atoms with E-state index in [0.717, 1.165) is 0 Å². The van der Waals surface area contributed by atoms with Crippen LogP contribution in [0.5, 0.6) is 0 Å². The molecule has 2 saturated heterocycles. The zero-order chi connectivity index (χ0) is 10.0. The zero-order valence-corrected chi connectivity index (χ0v) is 8.07. The van der Waals surface area contributed by atoms with Crippen molar-refractivity contribution >= 4 is 5.91 Å². The topological polar surface area (TPSA) is 59.0 Å². The van der Waals surface area contributed by atoms with Crippen molar-refractivity contribution in [1.82, 2.24) is 4.90 Å². The lowest BCUT2D eigenvalue weighted by atomic mass is 9.86. The third kappa shape index (κ3) is 1.75. The molecule has 0 spiro atoms. The molecule has 0 aromatic heterocycles. The molecular formula is C9H15NO4. The standard InChI is InChI=1S/C9H15NO4/c11-5-9(6-14-7-9)4-10-1-2-13-3-8(10)12/h11H,1-7H2. The normalized spacial score (nSPS) is 26.1. The highest BCUT2D eigenvalue weighted by Gasteiger charge is 2.41. The molecule has 2 aliphatic heterocycles. The number of aliphatic hydroxyl groups excluding tert-OH is 1. The van der Waals surface area contributed by atoms with E-state index in [1.54, 1.807) is 4.90 Å². The molecule has 2 fully saturated rings. The minimum atomic E-state index is -0.215. The first-order chi connectivity index (χ1) is 6.76. The molecule has 0 bridgehead atoms. The van der Waals surface area contributed by atoms with Gasteiger partial charge in [0.2, 0.25) is 5.91 Å². The molecule has 0 aliphatic carbocycles. The first-order valence-electron chi connectivity index (χ1n) is 4.80. The molecule has 5 nitrogen and oxygen atoms in total. The Balaban J connectivity index is 1.91. The molecule has 80 valence electrons. The van der Waals surface area contributed by atoms with E-state index in [2.05, 4.69) is 0 Å². The van der Waals surface area contributed by atoms with Gasteiger partial charge in [0.15, 0.2) is 0 Å². The van der Waals surface area contributed by atoms with Crippen molar-refractivity contribution < 1.29 is 19.4 Å². The molecule has 0 atom stereocenters. The number of aliphatic hydroxyl groups is 1. The van der Waals surface area contributed by atoms with Crippen LogP contribution in [0.1, 0.15) is 0 Å². The highest BCUT2D eigenvalue weighted by Crippen LogP contribution is 2.28.